The Balaban J connectivity index is 1.75. The number of ether oxygens (including phenoxy) is 6. The molecule has 0 bridgehead atoms. The second-order valence-electron chi connectivity index (χ2n) is 11.6. The number of carbonyl (C=O) groups is 4. The molecular weight excluding hydrogens is 488 g/mol. The Morgan fingerprint density at radius 3 is 2.22 bits per heavy atom. The molecule has 0 unspecified atom stereocenters. The van der Waals surface area contributed by atoms with Crippen molar-refractivity contribution in [2.75, 3.05) is 0 Å². The van der Waals surface area contributed by atoms with Gasteiger partial charge in [-0.15, -0.1) is 0 Å². The highest BCUT2D eigenvalue weighted by Gasteiger charge is 2.88. The van der Waals surface area contributed by atoms with Gasteiger partial charge in [-0.1, -0.05) is 12.5 Å². The van der Waals surface area contributed by atoms with Crippen molar-refractivity contribution < 1.29 is 52.7 Å². The van der Waals surface area contributed by atoms with Gasteiger partial charge in [0.15, 0.2) is 17.3 Å². The smallest absolute Gasteiger partial charge is 0.342 e. The van der Waals surface area contributed by atoms with Crippen LogP contribution in [0.25, 0.3) is 0 Å². The Kier molecular flexibility index (Phi) is 5.65. The van der Waals surface area contributed by atoms with Crippen LogP contribution in [0.3, 0.4) is 0 Å². The van der Waals surface area contributed by atoms with Crippen molar-refractivity contribution in [3.05, 3.63) is 11.6 Å². The molecule has 4 fully saturated rings. The highest BCUT2D eigenvalue weighted by molar-refractivity contribution is 5.89. The number of carbonyl (C=O) groups excluding carboxylic acids is 4. The first-order valence-electron chi connectivity index (χ1n) is 12.6. The van der Waals surface area contributed by atoms with E-state index in [1.165, 1.54) is 20.8 Å². The Morgan fingerprint density at radius 1 is 1.03 bits per heavy atom. The van der Waals surface area contributed by atoms with Gasteiger partial charge in [-0.3, -0.25) is 14.4 Å². The Labute approximate surface area is 214 Å². The fraction of sp³-hybridized carbons (Fsp3) is 0.769. The molecule has 0 amide bonds. The van der Waals surface area contributed by atoms with Crippen LogP contribution in [0, 0.1) is 11.3 Å². The molecule has 3 heterocycles. The summed E-state index contributed by atoms with van der Waals surface area (Å²) in [4.78, 5) is 49.8. The van der Waals surface area contributed by atoms with E-state index in [2.05, 4.69) is 0 Å². The normalized spacial score (nSPS) is 51.0. The fourth-order valence-electron chi connectivity index (χ4n) is 7.41. The van der Waals surface area contributed by atoms with Gasteiger partial charge in [0.2, 0.25) is 0 Å². The first-order chi connectivity index (χ1) is 17.1. The van der Waals surface area contributed by atoms with Gasteiger partial charge >= 0.3 is 23.9 Å². The van der Waals surface area contributed by atoms with Crippen LogP contribution in [0.4, 0.5) is 0 Å². The van der Waals surface area contributed by atoms with Gasteiger partial charge in [-0.2, -0.15) is 0 Å². The summed E-state index contributed by atoms with van der Waals surface area (Å²) in [6.45, 7) is 10.7. The van der Waals surface area contributed by atoms with E-state index in [4.69, 9.17) is 28.4 Å². The van der Waals surface area contributed by atoms with Crippen LogP contribution >= 0.6 is 0 Å². The SMILES string of the molecule is CC(=O)O[C@H]1C[C@@H]2O[C@]2(C)[C@@H]2[C@H](O)[C@]34O[C@@]3(C)C(=O)O[C@H]4/C=C(/C)C[C@@H](OC(C)=O)[C@H](OC(C)=O)[C@@]12C. The maximum Gasteiger partial charge on any atom is 0.342 e. The van der Waals surface area contributed by atoms with Crippen molar-refractivity contribution in [1.29, 1.82) is 0 Å². The lowest BCUT2D eigenvalue weighted by Crippen LogP contribution is -2.67. The summed E-state index contributed by atoms with van der Waals surface area (Å²) in [6, 6.07) is 0. The van der Waals surface area contributed by atoms with Crippen LogP contribution < -0.4 is 0 Å². The number of esters is 4. The number of fused-ring (bicyclic) bond motifs is 3. The number of aliphatic hydroxyl groups excluding tert-OH is 1. The molecule has 0 aromatic rings. The van der Waals surface area contributed by atoms with Crippen LogP contribution in [-0.2, 0) is 47.6 Å². The van der Waals surface area contributed by atoms with Crippen molar-refractivity contribution >= 4 is 23.9 Å². The molecule has 11 heteroatoms. The number of rotatable bonds is 3. The molecule has 11 atom stereocenters. The summed E-state index contributed by atoms with van der Waals surface area (Å²) in [5, 5.41) is 12.2. The van der Waals surface area contributed by atoms with Gasteiger partial charge < -0.3 is 33.5 Å². The maximum absolute atomic E-state index is 12.9. The number of aliphatic hydroxyl groups is 1. The van der Waals surface area contributed by atoms with Gasteiger partial charge in [0, 0.05) is 39.5 Å². The first-order valence-corrected chi connectivity index (χ1v) is 12.6. The van der Waals surface area contributed by atoms with Gasteiger partial charge in [0.1, 0.15) is 18.3 Å². The van der Waals surface area contributed by atoms with E-state index < -0.39 is 82.5 Å². The third kappa shape index (κ3) is 3.50. The zero-order valence-electron chi connectivity index (χ0n) is 22.1. The molecule has 2 aliphatic carbocycles. The molecule has 0 aromatic carbocycles. The summed E-state index contributed by atoms with van der Waals surface area (Å²) in [5.41, 5.74) is -4.41. The number of hydrogen-bond acceptors (Lipinski definition) is 11. The molecule has 11 nitrogen and oxygen atoms in total. The quantitative estimate of drug-likeness (QED) is 0.246. The zero-order chi connectivity index (χ0) is 27.3. The molecule has 1 N–H and O–H groups in total. The third-order valence-electron chi connectivity index (χ3n) is 9.09. The molecule has 37 heavy (non-hydrogen) atoms. The van der Waals surface area contributed by atoms with Gasteiger partial charge in [0.25, 0.3) is 0 Å². The lowest BCUT2D eigenvalue weighted by atomic mass is 9.53. The van der Waals surface area contributed by atoms with E-state index in [9.17, 15) is 24.3 Å². The predicted octanol–water partition coefficient (Wildman–Crippen LogP) is 1.13. The predicted molar refractivity (Wildman–Crippen MR) is 123 cm³/mol. The van der Waals surface area contributed by atoms with E-state index in [-0.39, 0.29) is 18.9 Å². The Bertz CT molecular complexity index is 1100. The summed E-state index contributed by atoms with van der Waals surface area (Å²) in [6.07, 6.45) is -3.58. The second kappa shape index (κ2) is 8.00. The van der Waals surface area contributed by atoms with Crippen LogP contribution in [0.5, 0.6) is 0 Å². The van der Waals surface area contributed by atoms with E-state index in [0.717, 1.165) is 0 Å². The lowest BCUT2D eigenvalue weighted by Gasteiger charge is -2.54. The molecular formula is C26H34O11. The van der Waals surface area contributed by atoms with Crippen molar-refractivity contribution in [2.45, 2.75) is 115 Å². The summed E-state index contributed by atoms with van der Waals surface area (Å²) in [5.74, 6) is -3.27. The van der Waals surface area contributed by atoms with Crippen LogP contribution in [0.2, 0.25) is 0 Å². The standard InChI is InChI=1S/C26H34O11/c1-11-8-15(32-12(2)27)21(34-14(4)29)23(5)16(33-13(3)28)10-17-24(6,36-17)19(23)20(30)26-18(9-11)35-22(31)25(26,7)37-26/h9,15-21,30H,8,10H2,1-7H3/b11-9-/t15-,16+,17+,18+,19-,20+,21+,23+,24+,25+,26+/m1/s1. The molecule has 3 aliphatic heterocycles. The third-order valence-corrected chi connectivity index (χ3v) is 9.09. The molecule has 204 valence electrons. The first kappa shape index (κ1) is 26.1. The Morgan fingerprint density at radius 2 is 1.65 bits per heavy atom. The topological polar surface area (TPSA) is 150 Å². The molecule has 1 spiro atoms. The average Bonchev–Trinajstić information content (AvgIpc) is 3.59. The number of hydrogen-bond donors (Lipinski definition) is 1. The van der Waals surface area contributed by atoms with Crippen molar-refractivity contribution in [3.63, 3.8) is 0 Å². The Hall–Kier alpha value is -2.50. The highest BCUT2D eigenvalue weighted by atomic mass is 16.7. The fourth-order valence-corrected chi connectivity index (χ4v) is 7.41. The molecule has 5 aliphatic rings. The van der Waals surface area contributed by atoms with Crippen LogP contribution in [-0.4, -0.2) is 82.4 Å². The molecule has 0 radical (unpaired) electrons. The van der Waals surface area contributed by atoms with E-state index in [1.54, 1.807) is 26.8 Å². The molecule has 3 saturated heterocycles. The van der Waals surface area contributed by atoms with Crippen molar-refractivity contribution in [3.8, 4) is 0 Å². The minimum Gasteiger partial charge on any atom is -0.462 e. The van der Waals surface area contributed by atoms with Gasteiger partial charge in [-0.25, -0.2) is 4.79 Å². The largest absolute Gasteiger partial charge is 0.462 e. The maximum atomic E-state index is 12.9. The molecule has 5 rings (SSSR count). The highest BCUT2D eigenvalue weighted by Crippen LogP contribution is 2.69. The van der Waals surface area contributed by atoms with Crippen LogP contribution in [0.1, 0.15) is 61.3 Å². The van der Waals surface area contributed by atoms with Gasteiger partial charge in [0.05, 0.1) is 23.2 Å². The van der Waals surface area contributed by atoms with Gasteiger partial charge in [-0.05, 0) is 26.8 Å². The molecule has 0 aromatic heterocycles. The minimum absolute atomic E-state index is 0.130. The summed E-state index contributed by atoms with van der Waals surface area (Å²) in [7, 11) is 0. The monoisotopic (exact) mass is 522 g/mol. The molecule has 1 saturated carbocycles. The van der Waals surface area contributed by atoms with Crippen LogP contribution in [0.15, 0.2) is 11.6 Å². The zero-order valence-corrected chi connectivity index (χ0v) is 22.1. The second-order valence-corrected chi connectivity index (χ2v) is 11.6. The van der Waals surface area contributed by atoms with Crippen molar-refractivity contribution in [2.24, 2.45) is 11.3 Å². The minimum atomic E-state index is -1.43. The lowest BCUT2D eigenvalue weighted by molar-refractivity contribution is -0.224. The van der Waals surface area contributed by atoms with E-state index in [1.807, 2.05) is 6.92 Å². The van der Waals surface area contributed by atoms with Crippen molar-refractivity contribution in [1.82, 2.24) is 0 Å². The summed E-state index contributed by atoms with van der Waals surface area (Å²) >= 11 is 0. The van der Waals surface area contributed by atoms with E-state index in [0.29, 0.717) is 5.57 Å². The average molecular weight is 523 g/mol. The summed E-state index contributed by atoms with van der Waals surface area (Å²) < 4.78 is 35.2. The number of epoxide rings is 2. The van der Waals surface area contributed by atoms with E-state index >= 15 is 0 Å².